The molecule has 1 aliphatic heterocycles. The second-order valence-electron chi connectivity index (χ2n) is 8.58. The third-order valence-corrected chi connectivity index (χ3v) is 6.45. The van der Waals surface area contributed by atoms with Gasteiger partial charge in [-0.15, -0.1) is 0 Å². The van der Waals surface area contributed by atoms with Gasteiger partial charge < -0.3 is 19.4 Å². The molecule has 4 aromatic rings. The summed E-state index contributed by atoms with van der Waals surface area (Å²) >= 11 is 0. The molecule has 1 N–H and O–H groups in total. The van der Waals surface area contributed by atoms with Crippen molar-refractivity contribution in [2.75, 3.05) is 26.1 Å². The Morgan fingerprint density at radius 3 is 2.60 bits per heavy atom. The van der Waals surface area contributed by atoms with Crippen LogP contribution in [0, 0.1) is 0 Å². The monoisotopic (exact) mass is 473 g/mol. The lowest BCUT2D eigenvalue weighted by atomic mass is 10.1. The van der Waals surface area contributed by atoms with Crippen LogP contribution in [0.25, 0.3) is 5.65 Å². The normalized spacial score (nSPS) is 13.5. The lowest BCUT2D eigenvalue weighted by Crippen LogP contribution is -2.38. The van der Waals surface area contributed by atoms with Crippen molar-refractivity contribution in [1.29, 1.82) is 0 Å². The quantitative estimate of drug-likeness (QED) is 0.463. The molecule has 0 bridgehead atoms. The number of ether oxygens (including phenoxy) is 2. The van der Waals surface area contributed by atoms with E-state index in [2.05, 4.69) is 15.3 Å². The molecule has 0 radical (unpaired) electrons. The highest BCUT2D eigenvalue weighted by atomic mass is 16.5. The predicted octanol–water partition coefficient (Wildman–Crippen LogP) is 2.86. The lowest BCUT2D eigenvalue weighted by molar-refractivity contribution is 0.102. The Kier molecular flexibility index (Phi) is 6.00. The minimum Gasteiger partial charge on any atom is -0.497 e. The molecular weight excluding hydrogens is 446 g/mol. The van der Waals surface area contributed by atoms with Crippen molar-refractivity contribution < 1.29 is 14.3 Å². The molecular formula is C26H27N5O4. The van der Waals surface area contributed by atoms with Crippen LogP contribution in [0.15, 0.2) is 59.5 Å². The molecule has 0 fully saturated rings. The topological polar surface area (TPSA) is 90.1 Å². The van der Waals surface area contributed by atoms with Crippen LogP contribution >= 0.6 is 0 Å². The first-order valence-corrected chi connectivity index (χ1v) is 11.4. The highest BCUT2D eigenvalue weighted by Crippen LogP contribution is 2.23. The van der Waals surface area contributed by atoms with E-state index in [-0.39, 0.29) is 11.5 Å². The number of hydrogen-bond acceptors (Lipinski definition) is 6. The molecule has 0 saturated carbocycles. The summed E-state index contributed by atoms with van der Waals surface area (Å²) in [6.45, 7) is 2.06. The average Bonchev–Trinajstić information content (AvgIpc) is 3.34. The Bertz CT molecular complexity index is 1460. The number of methoxy groups -OCH3 is 2. The third kappa shape index (κ3) is 4.26. The molecule has 1 amide bonds. The van der Waals surface area contributed by atoms with Crippen LogP contribution in [0.1, 0.15) is 27.2 Å². The van der Waals surface area contributed by atoms with Crippen molar-refractivity contribution in [3.63, 3.8) is 0 Å². The van der Waals surface area contributed by atoms with Crippen LogP contribution in [0.3, 0.4) is 0 Å². The van der Waals surface area contributed by atoms with Gasteiger partial charge in [0.25, 0.3) is 11.5 Å². The molecule has 35 heavy (non-hydrogen) atoms. The van der Waals surface area contributed by atoms with E-state index in [0.717, 1.165) is 30.1 Å². The first-order chi connectivity index (χ1) is 17.0. The number of aromatic nitrogens is 3. The number of amides is 1. The second kappa shape index (κ2) is 9.27. The number of carbonyl (C=O) groups excluding carboxylic acids is 1. The van der Waals surface area contributed by atoms with Gasteiger partial charge in [-0.25, -0.2) is 0 Å². The summed E-state index contributed by atoms with van der Waals surface area (Å²) in [6, 6.07) is 15.1. The summed E-state index contributed by atoms with van der Waals surface area (Å²) in [5.41, 5.74) is 4.04. The molecule has 0 saturated heterocycles. The third-order valence-electron chi connectivity index (χ3n) is 6.45. The number of benzene rings is 2. The standard InChI is InChI=1S/C26H27N5O4/c1-29-23-11-12-30(15-17-7-9-19(34-2)10-8-17)16-22(23)26(33)31-25(29)21(14-27-31)24(32)28-18-5-4-6-20(13-18)35-3/h4-10,13-14H,11-12,15-16H2,1-3H3,(H,28,32). The van der Waals surface area contributed by atoms with Gasteiger partial charge in [-0.2, -0.15) is 9.61 Å². The van der Waals surface area contributed by atoms with Crippen LogP contribution in [0.5, 0.6) is 11.5 Å². The highest BCUT2D eigenvalue weighted by molar-refractivity contribution is 6.08. The molecule has 2 aromatic carbocycles. The van der Waals surface area contributed by atoms with Crippen LogP contribution in [0.2, 0.25) is 0 Å². The van der Waals surface area contributed by atoms with Crippen LogP contribution in [0.4, 0.5) is 5.69 Å². The summed E-state index contributed by atoms with van der Waals surface area (Å²) in [4.78, 5) is 28.7. The molecule has 2 aromatic heterocycles. The predicted molar refractivity (Wildman–Crippen MR) is 132 cm³/mol. The van der Waals surface area contributed by atoms with Gasteiger partial charge in [-0.05, 0) is 29.8 Å². The fourth-order valence-corrected chi connectivity index (χ4v) is 4.62. The maximum atomic E-state index is 13.4. The summed E-state index contributed by atoms with van der Waals surface area (Å²) in [5.74, 6) is 1.13. The zero-order valence-corrected chi connectivity index (χ0v) is 19.9. The molecule has 0 spiro atoms. The Morgan fingerprint density at radius 1 is 1.09 bits per heavy atom. The Balaban J connectivity index is 1.43. The molecule has 0 unspecified atom stereocenters. The van der Waals surface area contributed by atoms with Crippen LogP contribution in [-0.4, -0.2) is 45.8 Å². The molecule has 3 heterocycles. The number of aryl methyl sites for hydroxylation is 1. The van der Waals surface area contributed by atoms with E-state index in [1.165, 1.54) is 10.7 Å². The fraction of sp³-hybridized carbons (Fsp3) is 0.269. The number of rotatable bonds is 6. The van der Waals surface area contributed by atoms with Gasteiger partial charge in [-0.1, -0.05) is 18.2 Å². The number of nitrogens with zero attached hydrogens (tertiary/aromatic N) is 4. The van der Waals surface area contributed by atoms with E-state index in [1.807, 2.05) is 35.9 Å². The smallest absolute Gasteiger partial charge is 0.279 e. The SMILES string of the molecule is COc1ccc(CN2CCc3c(c(=O)n4ncc(C(=O)Nc5cccc(OC)c5)c4n3C)C2)cc1. The van der Waals surface area contributed by atoms with E-state index >= 15 is 0 Å². The number of anilines is 1. The zero-order chi connectivity index (χ0) is 24.5. The van der Waals surface area contributed by atoms with Gasteiger partial charge in [-0.3, -0.25) is 14.5 Å². The highest BCUT2D eigenvalue weighted by Gasteiger charge is 2.26. The van der Waals surface area contributed by atoms with Gasteiger partial charge in [0.15, 0.2) is 5.65 Å². The number of nitrogens with one attached hydrogen (secondary N) is 1. The van der Waals surface area contributed by atoms with Crippen molar-refractivity contribution in [2.45, 2.75) is 19.5 Å². The molecule has 9 nitrogen and oxygen atoms in total. The van der Waals surface area contributed by atoms with Crippen molar-refractivity contribution in [1.82, 2.24) is 19.1 Å². The molecule has 5 rings (SSSR count). The summed E-state index contributed by atoms with van der Waals surface area (Å²) in [7, 11) is 5.11. The van der Waals surface area contributed by atoms with Gasteiger partial charge >= 0.3 is 0 Å². The van der Waals surface area contributed by atoms with E-state index < -0.39 is 0 Å². The first kappa shape index (κ1) is 22.7. The summed E-state index contributed by atoms with van der Waals surface area (Å²) < 4.78 is 13.7. The van der Waals surface area contributed by atoms with E-state index in [0.29, 0.717) is 41.2 Å². The first-order valence-electron chi connectivity index (χ1n) is 11.4. The van der Waals surface area contributed by atoms with Crippen molar-refractivity contribution in [3.8, 4) is 11.5 Å². The molecule has 1 aliphatic rings. The van der Waals surface area contributed by atoms with E-state index in [4.69, 9.17) is 9.47 Å². The molecule has 0 atom stereocenters. The van der Waals surface area contributed by atoms with Crippen LogP contribution < -0.4 is 20.3 Å². The lowest BCUT2D eigenvalue weighted by Gasteiger charge is -2.30. The molecule has 9 heteroatoms. The largest absolute Gasteiger partial charge is 0.497 e. The summed E-state index contributed by atoms with van der Waals surface area (Å²) in [6.07, 6.45) is 2.16. The van der Waals surface area contributed by atoms with Gasteiger partial charge in [0.1, 0.15) is 17.1 Å². The number of carbonyl (C=O) groups is 1. The van der Waals surface area contributed by atoms with Gasteiger partial charge in [0.05, 0.1) is 26.0 Å². The Morgan fingerprint density at radius 2 is 1.86 bits per heavy atom. The zero-order valence-electron chi connectivity index (χ0n) is 19.9. The Hall–Kier alpha value is -4.11. The average molecular weight is 474 g/mol. The van der Waals surface area contributed by atoms with Crippen molar-refractivity contribution in [2.24, 2.45) is 7.05 Å². The molecule has 180 valence electrons. The van der Waals surface area contributed by atoms with E-state index in [1.54, 1.807) is 38.5 Å². The summed E-state index contributed by atoms with van der Waals surface area (Å²) in [5, 5.41) is 7.15. The maximum absolute atomic E-state index is 13.4. The Labute approximate surface area is 202 Å². The van der Waals surface area contributed by atoms with Gasteiger partial charge in [0.2, 0.25) is 0 Å². The van der Waals surface area contributed by atoms with Gasteiger partial charge in [0, 0.05) is 50.6 Å². The molecule has 0 aliphatic carbocycles. The maximum Gasteiger partial charge on any atom is 0.279 e. The minimum absolute atomic E-state index is 0.187. The van der Waals surface area contributed by atoms with E-state index in [9.17, 15) is 9.59 Å². The number of fused-ring (bicyclic) bond motifs is 2. The van der Waals surface area contributed by atoms with Crippen molar-refractivity contribution in [3.05, 3.63) is 87.5 Å². The number of hydrogen-bond donors (Lipinski definition) is 1. The van der Waals surface area contributed by atoms with Crippen LogP contribution in [-0.2, 0) is 26.6 Å². The fourth-order valence-electron chi connectivity index (χ4n) is 4.62. The van der Waals surface area contributed by atoms with Crippen molar-refractivity contribution >= 4 is 17.2 Å². The minimum atomic E-state index is -0.333. The second-order valence-corrected chi connectivity index (χ2v) is 8.58.